The second-order valence-corrected chi connectivity index (χ2v) is 4.56. The first-order valence-electron chi connectivity index (χ1n) is 6.54. The van der Waals surface area contributed by atoms with E-state index < -0.39 is 11.7 Å². The van der Waals surface area contributed by atoms with E-state index in [2.05, 4.69) is 5.32 Å². The molecule has 21 heavy (non-hydrogen) atoms. The second-order valence-electron chi connectivity index (χ2n) is 4.56. The van der Waals surface area contributed by atoms with Crippen molar-refractivity contribution in [2.75, 3.05) is 19.0 Å². The Balaban J connectivity index is 1.92. The van der Waals surface area contributed by atoms with Crippen LogP contribution in [-0.2, 0) is 12.6 Å². The number of methoxy groups -OCH3 is 1. The third-order valence-corrected chi connectivity index (χ3v) is 3.13. The van der Waals surface area contributed by atoms with Crippen LogP contribution in [0.15, 0.2) is 48.5 Å². The second kappa shape index (κ2) is 6.52. The first kappa shape index (κ1) is 15.2. The van der Waals surface area contributed by atoms with Crippen LogP contribution in [0.25, 0.3) is 0 Å². The van der Waals surface area contributed by atoms with Gasteiger partial charge in [-0.15, -0.1) is 0 Å². The molecule has 0 unspecified atom stereocenters. The molecule has 2 nitrogen and oxygen atoms in total. The van der Waals surface area contributed by atoms with Crippen LogP contribution in [-0.4, -0.2) is 13.7 Å². The number of nitrogens with one attached hydrogen (secondary N) is 1. The van der Waals surface area contributed by atoms with Gasteiger partial charge in [0, 0.05) is 12.2 Å². The minimum absolute atomic E-state index is 0.617. The van der Waals surface area contributed by atoms with Crippen molar-refractivity contribution >= 4 is 5.69 Å². The number of hydrogen-bond acceptors (Lipinski definition) is 2. The van der Waals surface area contributed by atoms with Crippen molar-refractivity contribution in [2.45, 2.75) is 12.6 Å². The summed E-state index contributed by atoms with van der Waals surface area (Å²) in [6, 6.07) is 12.7. The van der Waals surface area contributed by atoms with E-state index in [9.17, 15) is 13.2 Å². The van der Waals surface area contributed by atoms with E-state index in [1.54, 1.807) is 7.11 Å². The van der Waals surface area contributed by atoms with Gasteiger partial charge in [-0.1, -0.05) is 18.2 Å². The fourth-order valence-corrected chi connectivity index (χ4v) is 2.03. The molecule has 0 fully saturated rings. The zero-order valence-corrected chi connectivity index (χ0v) is 11.6. The first-order valence-corrected chi connectivity index (χ1v) is 6.54. The Morgan fingerprint density at radius 3 is 2.29 bits per heavy atom. The molecular formula is C16H16F3NO. The summed E-state index contributed by atoms with van der Waals surface area (Å²) in [4.78, 5) is 0. The molecule has 0 atom stereocenters. The van der Waals surface area contributed by atoms with Crippen molar-refractivity contribution in [1.29, 1.82) is 0 Å². The Morgan fingerprint density at radius 2 is 1.67 bits per heavy atom. The number of hydrogen-bond donors (Lipinski definition) is 1. The maximum Gasteiger partial charge on any atom is 0.416 e. The molecule has 0 aliphatic heterocycles. The maximum absolute atomic E-state index is 12.4. The van der Waals surface area contributed by atoms with Gasteiger partial charge in [0.1, 0.15) is 5.75 Å². The van der Waals surface area contributed by atoms with Crippen LogP contribution in [0.3, 0.4) is 0 Å². The van der Waals surface area contributed by atoms with Gasteiger partial charge in [0.25, 0.3) is 0 Å². The SMILES string of the molecule is COc1ccccc1CCNc1ccc(C(F)(F)F)cc1. The highest BCUT2D eigenvalue weighted by Gasteiger charge is 2.29. The molecule has 1 N–H and O–H groups in total. The largest absolute Gasteiger partial charge is 0.496 e. The summed E-state index contributed by atoms with van der Waals surface area (Å²) in [5.74, 6) is 0.812. The van der Waals surface area contributed by atoms with Crippen LogP contribution >= 0.6 is 0 Å². The number of para-hydroxylation sites is 1. The molecule has 0 saturated carbocycles. The number of anilines is 1. The highest BCUT2D eigenvalue weighted by atomic mass is 19.4. The first-order chi connectivity index (χ1) is 10.0. The molecule has 0 aliphatic carbocycles. The van der Waals surface area contributed by atoms with Crippen molar-refractivity contribution in [3.63, 3.8) is 0 Å². The lowest BCUT2D eigenvalue weighted by atomic mass is 10.1. The Kier molecular flexibility index (Phi) is 4.73. The monoisotopic (exact) mass is 295 g/mol. The molecule has 2 aromatic carbocycles. The Hall–Kier alpha value is -2.17. The third kappa shape index (κ3) is 4.15. The van der Waals surface area contributed by atoms with Gasteiger partial charge < -0.3 is 10.1 Å². The smallest absolute Gasteiger partial charge is 0.416 e. The van der Waals surface area contributed by atoms with Crippen LogP contribution in [0.2, 0.25) is 0 Å². The van der Waals surface area contributed by atoms with E-state index in [1.807, 2.05) is 24.3 Å². The predicted molar refractivity (Wildman–Crippen MR) is 76.6 cm³/mol. The van der Waals surface area contributed by atoms with Gasteiger partial charge in [-0.3, -0.25) is 0 Å². The lowest BCUT2D eigenvalue weighted by Crippen LogP contribution is -2.07. The number of rotatable bonds is 5. The van der Waals surface area contributed by atoms with Crippen LogP contribution in [0.1, 0.15) is 11.1 Å². The van der Waals surface area contributed by atoms with Gasteiger partial charge in [0.05, 0.1) is 12.7 Å². The Morgan fingerprint density at radius 1 is 1.00 bits per heavy atom. The van der Waals surface area contributed by atoms with Gasteiger partial charge >= 0.3 is 6.18 Å². The summed E-state index contributed by atoms with van der Waals surface area (Å²) in [7, 11) is 1.61. The van der Waals surface area contributed by atoms with Crippen LogP contribution in [0.5, 0.6) is 5.75 Å². The van der Waals surface area contributed by atoms with E-state index >= 15 is 0 Å². The molecule has 112 valence electrons. The average molecular weight is 295 g/mol. The molecule has 0 amide bonds. The summed E-state index contributed by atoms with van der Waals surface area (Å²) in [5.41, 5.74) is 1.08. The van der Waals surface area contributed by atoms with Crippen molar-refractivity contribution in [3.05, 3.63) is 59.7 Å². The van der Waals surface area contributed by atoms with Gasteiger partial charge in [-0.2, -0.15) is 13.2 Å². The van der Waals surface area contributed by atoms with Crippen LogP contribution < -0.4 is 10.1 Å². The lowest BCUT2D eigenvalue weighted by Gasteiger charge is -2.11. The highest BCUT2D eigenvalue weighted by Crippen LogP contribution is 2.29. The van der Waals surface area contributed by atoms with E-state index in [4.69, 9.17) is 4.74 Å². The van der Waals surface area contributed by atoms with E-state index in [0.717, 1.165) is 29.9 Å². The fourth-order valence-electron chi connectivity index (χ4n) is 2.03. The molecule has 0 aromatic heterocycles. The van der Waals surface area contributed by atoms with Crippen molar-refractivity contribution in [2.24, 2.45) is 0 Å². The standard InChI is InChI=1S/C16H16F3NO/c1-21-15-5-3-2-4-12(15)10-11-20-14-8-6-13(7-9-14)16(17,18)19/h2-9,20H,10-11H2,1H3. The van der Waals surface area contributed by atoms with Crippen LogP contribution in [0, 0.1) is 0 Å². The zero-order chi connectivity index (χ0) is 15.3. The summed E-state index contributed by atoms with van der Waals surface area (Å²) >= 11 is 0. The zero-order valence-electron chi connectivity index (χ0n) is 11.6. The fraction of sp³-hybridized carbons (Fsp3) is 0.250. The molecule has 0 saturated heterocycles. The minimum atomic E-state index is -4.30. The number of alkyl halides is 3. The molecule has 0 radical (unpaired) electrons. The lowest BCUT2D eigenvalue weighted by molar-refractivity contribution is -0.137. The van der Waals surface area contributed by atoms with Gasteiger partial charge in [-0.25, -0.2) is 0 Å². The number of ether oxygens (including phenoxy) is 1. The molecule has 2 rings (SSSR count). The molecule has 5 heteroatoms. The molecule has 0 aliphatic rings. The Labute approximate surface area is 121 Å². The topological polar surface area (TPSA) is 21.3 Å². The average Bonchev–Trinajstić information content (AvgIpc) is 2.47. The molecule has 0 bridgehead atoms. The molecule has 0 heterocycles. The molecule has 0 spiro atoms. The maximum atomic E-state index is 12.4. The summed E-state index contributed by atoms with van der Waals surface area (Å²) < 4.78 is 42.6. The van der Waals surface area contributed by atoms with Gasteiger partial charge in [0.15, 0.2) is 0 Å². The predicted octanol–water partition coefficient (Wildman–Crippen LogP) is 4.37. The van der Waals surface area contributed by atoms with Gasteiger partial charge in [0.2, 0.25) is 0 Å². The normalized spacial score (nSPS) is 11.2. The van der Waals surface area contributed by atoms with E-state index in [1.165, 1.54) is 12.1 Å². The summed E-state index contributed by atoms with van der Waals surface area (Å²) in [6.07, 6.45) is -3.57. The third-order valence-electron chi connectivity index (χ3n) is 3.13. The van der Waals surface area contributed by atoms with E-state index in [0.29, 0.717) is 12.2 Å². The summed E-state index contributed by atoms with van der Waals surface area (Å²) in [6.45, 7) is 0.617. The Bertz CT molecular complexity index is 579. The van der Waals surface area contributed by atoms with Gasteiger partial charge in [-0.05, 0) is 42.3 Å². The number of halogens is 3. The summed E-state index contributed by atoms with van der Waals surface area (Å²) in [5, 5.41) is 3.10. The highest BCUT2D eigenvalue weighted by molar-refractivity contribution is 5.45. The molecular weight excluding hydrogens is 279 g/mol. The van der Waals surface area contributed by atoms with Crippen molar-refractivity contribution in [1.82, 2.24) is 0 Å². The van der Waals surface area contributed by atoms with E-state index in [-0.39, 0.29) is 0 Å². The van der Waals surface area contributed by atoms with Crippen LogP contribution in [0.4, 0.5) is 18.9 Å². The van der Waals surface area contributed by atoms with Crippen molar-refractivity contribution < 1.29 is 17.9 Å². The quantitative estimate of drug-likeness (QED) is 0.884. The molecule has 2 aromatic rings. The van der Waals surface area contributed by atoms with Crippen molar-refractivity contribution in [3.8, 4) is 5.75 Å². The number of benzene rings is 2. The minimum Gasteiger partial charge on any atom is -0.496 e.